The zero-order valence-corrected chi connectivity index (χ0v) is 12.9. The molecule has 0 saturated heterocycles. The second-order valence-corrected chi connectivity index (χ2v) is 5.52. The molecule has 5 nitrogen and oxygen atoms in total. The van der Waals surface area contributed by atoms with E-state index < -0.39 is 0 Å². The van der Waals surface area contributed by atoms with Gasteiger partial charge in [-0.3, -0.25) is 4.79 Å². The number of rotatable bonds is 5. The number of amides is 1. The third-order valence-corrected chi connectivity index (χ3v) is 3.86. The standard InChI is InChI=1S/C16H24N2O3/c1-4-18(16(19)11(2)12(3)17)9-13-10-20-14-7-5-6-8-15(14)21-13/h5-8,11-13H,4,9-10,17H2,1-3H3. The first-order valence-electron chi connectivity index (χ1n) is 7.45. The summed E-state index contributed by atoms with van der Waals surface area (Å²) in [5.41, 5.74) is 5.82. The quantitative estimate of drug-likeness (QED) is 0.896. The van der Waals surface area contributed by atoms with E-state index in [2.05, 4.69) is 0 Å². The molecule has 5 heteroatoms. The number of benzene rings is 1. The van der Waals surface area contributed by atoms with E-state index in [0.29, 0.717) is 19.7 Å². The lowest BCUT2D eigenvalue weighted by Crippen LogP contribution is -2.47. The van der Waals surface area contributed by atoms with E-state index in [1.807, 2.05) is 45.0 Å². The third kappa shape index (κ3) is 3.67. The first kappa shape index (κ1) is 15.6. The third-order valence-electron chi connectivity index (χ3n) is 3.86. The molecule has 3 atom stereocenters. The second kappa shape index (κ2) is 6.80. The maximum absolute atomic E-state index is 12.4. The molecular formula is C16H24N2O3. The topological polar surface area (TPSA) is 64.8 Å². The monoisotopic (exact) mass is 292 g/mol. The van der Waals surface area contributed by atoms with E-state index in [9.17, 15) is 4.79 Å². The summed E-state index contributed by atoms with van der Waals surface area (Å²) in [5.74, 6) is 1.36. The van der Waals surface area contributed by atoms with Crippen molar-refractivity contribution in [2.75, 3.05) is 19.7 Å². The minimum absolute atomic E-state index is 0.0648. The highest BCUT2D eigenvalue weighted by atomic mass is 16.6. The fourth-order valence-electron chi connectivity index (χ4n) is 2.29. The summed E-state index contributed by atoms with van der Waals surface area (Å²) in [6.45, 7) is 7.28. The SMILES string of the molecule is CCN(CC1COc2ccccc2O1)C(=O)C(C)C(C)N. The molecule has 0 spiro atoms. The molecule has 0 radical (unpaired) electrons. The Morgan fingerprint density at radius 2 is 2.05 bits per heavy atom. The second-order valence-electron chi connectivity index (χ2n) is 5.52. The number of nitrogens with two attached hydrogens (primary N) is 1. The van der Waals surface area contributed by atoms with Crippen molar-refractivity contribution in [1.82, 2.24) is 4.90 Å². The van der Waals surface area contributed by atoms with Crippen molar-refractivity contribution >= 4 is 5.91 Å². The number of carbonyl (C=O) groups excluding carboxylic acids is 1. The van der Waals surface area contributed by atoms with Crippen molar-refractivity contribution < 1.29 is 14.3 Å². The first-order chi connectivity index (χ1) is 10.0. The molecule has 1 amide bonds. The first-order valence-corrected chi connectivity index (χ1v) is 7.45. The highest BCUT2D eigenvalue weighted by Gasteiger charge is 2.28. The molecule has 0 aromatic heterocycles. The van der Waals surface area contributed by atoms with Gasteiger partial charge in [-0.15, -0.1) is 0 Å². The lowest BCUT2D eigenvalue weighted by molar-refractivity contribution is -0.136. The zero-order chi connectivity index (χ0) is 15.4. The Hall–Kier alpha value is -1.75. The molecule has 1 aromatic carbocycles. The van der Waals surface area contributed by atoms with Gasteiger partial charge in [0, 0.05) is 12.6 Å². The van der Waals surface area contributed by atoms with Crippen LogP contribution in [-0.2, 0) is 4.79 Å². The van der Waals surface area contributed by atoms with Crippen LogP contribution in [0.25, 0.3) is 0 Å². The van der Waals surface area contributed by atoms with E-state index in [0.717, 1.165) is 11.5 Å². The number of likely N-dealkylation sites (N-methyl/N-ethyl adjacent to an activating group) is 1. The van der Waals surface area contributed by atoms with Crippen molar-refractivity contribution in [3.8, 4) is 11.5 Å². The Labute approximate surface area is 126 Å². The maximum atomic E-state index is 12.4. The molecule has 21 heavy (non-hydrogen) atoms. The predicted octanol–water partition coefficient (Wildman–Crippen LogP) is 1.66. The number of nitrogens with zero attached hydrogens (tertiary/aromatic N) is 1. The average molecular weight is 292 g/mol. The van der Waals surface area contributed by atoms with Crippen LogP contribution in [0.4, 0.5) is 0 Å². The van der Waals surface area contributed by atoms with Crippen LogP contribution in [0, 0.1) is 5.92 Å². The fraction of sp³-hybridized carbons (Fsp3) is 0.562. The lowest BCUT2D eigenvalue weighted by atomic mass is 10.0. The summed E-state index contributed by atoms with van der Waals surface area (Å²) < 4.78 is 11.6. The number of para-hydroxylation sites is 2. The van der Waals surface area contributed by atoms with Crippen LogP contribution in [0.5, 0.6) is 11.5 Å². The van der Waals surface area contributed by atoms with Crippen LogP contribution in [0.1, 0.15) is 20.8 Å². The van der Waals surface area contributed by atoms with E-state index in [1.165, 1.54) is 0 Å². The number of ether oxygens (including phenoxy) is 2. The van der Waals surface area contributed by atoms with Gasteiger partial charge in [-0.25, -0.2) is 0 Å². The molecule has 1 heterocycles. The molecule has 1 aliphatic heterocycles. The van der Waals surface area contributed by atoms with Gasteiger partial charge in [0.25, 0.3) is 0 Å². The molecule has 2 rings (SSSR count). The van der Waals surface area contributed by atoms with Gasteiger partial charge < -0.3 is 20.1 Å². The lowest BCUT2D eigenvalue weighted by Gasteiger charge is -2.32. The Balaban J connectivity index is 1.99. The largest absolute Gasteiger partial charge is 0.486 e. The summed E-state index contributed by atoms with van der Waals surface area (Å²) in [7, 11) is 0. The van der Waals surface area contributed by atoms with Crippen LogP contribution in [0.2, 0.25) is 0 Å². The predicted molar refractivity (Wildman–Crippen MR) is 81.4 cm³/mol. The number of hydrogen-bond donors (Lipinski definition) is 1. The van der Waals surface area contributed by atoms with Crippen LogP contribution in [-0.4, -0.2) is 42.6 Å². The minimum Gasteiger partial charge on any atom is -0.486 e. The molecule has 1 aromatic rings. The summed E-state index contributed by atoms with van der Waals surface area (Å²) in [6.07, 6.45) is -0.149. The van der Waals surface area contributed by atoms with Gasteiger partial charge in [-0.05, 0) is 26.0 Å². The summed E-state index contributed by atoms with van der Waals surface area (Å²) in [6, 6.07) is 7.42. The number of carbonyl (C=O) groups is 1. The van der Waals surface area contributed by atoms with Crippen LogP contribution in [0.3, 0.4) is 0 Å². The molecule has 1 aliphatic rings. The van der Waals surface area contributed by atoms with Gasteiger partial charge in [0.05, 0.1) is 12.5 Å². The van der Waals surface area contributed by atoms with Crippen molar-refractivity contribution in [3.05, 3.63) is 24.3 Å². The van der Waals surface area contributed by atoms with Crippen molar-refractivity contribution in [2.45, 2.75) is 32.9 Å². The van der Waals surface area contributed by atoms with Gasteiger partial charge in [0.2, 0.25) is 5.91 Å². The van der Waals surface area contributed by atoms with Gasteiger partial charge in [-0.1, -0.05) is 19.1 Å². The minimum atomic E-state index is -0.193. The van der Waals surface area contributed by atoms with Gasteiger partial charge >= 0.3 is 0 Å². The molecule has 0 bridgehead atoms. The smallest absolute Gasteiger partial charge is 0.227 e. The van der Waals surface area contributed by atoms with Gasteiger partial charge in [0.15, 0.2) is 17.6 Å². The number of fused-ring (bicyclic) bond motifs is 1. The van der Waals surface area contributed by atoms with Gasteiger partial charge in [0.1, 0.15) is 6.61 Å². The Kier molecular flexibility index (Phi) is 5.07. The van der Waals surface area contributed by atoms with E-state index in [1.54, 1.807) is 4.90 Å². The highest BCUT2D eigenvalue weighted by molar-refractivity contribution is 5.79. The Morgan fingerprint density at radius 3 is 2.67 bits per heavy atom. The normalized spacial score (nSPS) is 19.7. The van der Waals surface area contributed by atoms with Crippen molar-refractivity contribution in [2.24, 2.45) is 11.7 Å². The van der Waals surface area contributed by atoms with Crippen LogP contribution in [0.15, 0.2) is 24.3 Å². The average Bonchev–Trinajstić information content (AvgIpc) is 2.50. The van der Waals surface area contributed by atoms with Gasteiger partial charge in [-0.2, -0.15) is 0 Å². The molecule has 0 fully saturated rings. The molecule has 3 unspecified atom stereocenters. The fourth-order valence-corrected chi connectivity index (χ4v) is 2.29. The summed E-state index contributed by atoms with van der Waals surface area (Å²) in [5, 5.41) is 0. The molecule has 0 aliphatic carbocycles. The zero-order valence-electron chi connectivity index (χ0n) is 12.9. The van der Waals surface area contributed by atoms with Crippen LogP contribution < -0.4 is 15.2 Å². The summed E-state index contributed by atoms with van der Waals surface area (Å²) >= 11 is 0. The van der Waals surface area contributed by atoms with E-state index in [4.69, 9.17) is 15.2 Å². The highest BCUT2D eigenvalue weighted by Crippen LogP contribution is 2.31. The van der Waals surface area contributed by atoms with E-state index >= 15 is 0 Å². The molecular weight excluding hydrogens is 268 g/mol. The van der Waals surface area contributed by atoms with E-state index in [-0.39, 0.29) is 24.0 Å². The molecule has 2 N–H and O–H groups in total. The Morgan fingerprint density at radius 1 is 1.38 bits per heavy atom. The maximum Gasteiger partial charge on any atom is 0.227 e. The van der Waals surface area contributed by atoms with Crippen molar-refractivity contribution in [3.63, 3.8) is 0 Å². The Bertz CT molecular complexity index is 490. The number of hydrogen-bond acceptors (Lipinski definition) is 4. The van der Waals surface area contributed by atoms with Crippen LogP contribution >= 0.6 is 0 Å². The molecule has 0 saturated carbocycles. The van der Waals surface area contributed by atoms with Crippen molar-refractivity contribution in [1.29, 1.82) is 0 Å². The molecule has 116 valence electrons. The summed E-state index contributed by atoms with van der Waals surface area (Å²) in [4.78, 5) is 14.2.